The summed E-state index contributed by atoms with van der Waals surface area (Å²) >= 11 is 6.02. The van der Waals surface area contributed by atoms with Crippen LogP contribution in [0.3, 0.4) is 0 Å². The molecule has 2 heterocycles. The van der Waals surface area contributed by atoms with Crippen LogP contribution in [0.25, 0.3) is 11.0 Å². The fourth-order valence-electron chi connectivity index (χ4n) is 2.59. The van der Waals surface area contributed by atoms with E-state index in [0.29, 0.717) is 32.9 Å². The van der Waals surface area contributed by atoms with Crippen molar-refractivity contribution >= 4 is 34.2 Å². The van der Waals surface area contributed by atoms with Gasteiger partial charge in [-0.05, 0) is 45.0 Å². The number of hydrogen-bond acceptors (Lipinski definition) is 4. The first-order chi connectivity index (χ1) is 11.9. The van der Waals surface area contributed by atoms with Crippen molar-refractivity contribution in [3.63, 3.8) is 0 Å². The van der Waals surface area contributed by atoms with Crippen LogP contribution in [-0.4, -0.2) is 20.7 Å². The molecule has 1 N–H and O–H groups in total. The maximum Gasteiger partial charge on any atom is 0.256 e. The number of nitriles is 1. The van der Waals surface area contributed by atoms with E-state index < -0.39 is 0 Å². The number of nitrogens with zero attached hydrogens (tertiary/aromatic N) is 4. The standard InChI is InChI=1S/C18H16ClN5O/c1-10(2)24-17-15(9-21-24)14(6-11(3)22-17)18(25)23-13-5-4-12(8-20)16(19)7-13/h4-7,9-10H,1-3H3,(H,23,25). The fraction of sp³-hybridized carbons (Fsp3) is 0.222. The van der Waals surface area contributed by atoms with Gasteiger partial charge in [-0.1, -0.05) is 11.6 Å². The van der Waals surface area contributed by atoms with Crippen molar-refractivity contribution < 1.29 is 4.79 Å². The van der Waals surface area contributed by atoms with Crippen molar-refractivity contribution in [1.82, 2.24) is 14.8 Å². The quantitative estimate of drug-likeness (QED) is 0.768. The van der Waals surface area contributed by atoms with Crippen LogP contribution in [0.2, 0.25) is 5.02 Å². The van der Waals surface area contributed by atoms with E-state index in [-0.39, 0.29) is 11.9 Å². The number of benzene rings is 1. The summed E-state index contributed by atoms with van der Waals surface area (Å²) in [5.74, 6) is -0.278. The summed E-state index contributed by atoms with van der Waals surface area (Å²) in [5, 5.41) is 17.1. The molecule has 25 heavy (non-hydrogen) atoms. The van der Waals surface area contributed by atoms with Crippen LogP contribution in [-0.2, 0) is 0 Å². The number of rotatable bonds is 3. The molecule has 0 unspecified atom stereocenters. The van der Waals surface area contributed by atoms with Gasteiger partial charge in [-0.15, -0.1) is 0 Å². The second kappa shape index (κ2) is 6.54. The van der Waals surface area contributed by atoms with Crippen LogP contribution in [0.1, 0.15) is 41.5 Å². The van der Waals surface area contributed by atoms with Crippen molar-refractivity contribution in [3.8, 4) is 6.07 Å². The Morgan fingerprint density at radius 2 is 2.12 bits per heavy atom. The molecular formula is C18H16ClN5O. The summed E-state index contributed by atoms with van der Waals surface area (Å²) in [7, 11) is 0. The first-order valence-electron chi connectivity index (χ1n) is 7.76. The van der Waals surface area contributed by atoms with Gasteiger partial charge in [0.2, 0.25) is 0 Å². The summed E-state index contributed by atoms with van der Waals surface area (Å²) in [6.07, 6.45) is 1.66. The van der Waals surface area contributed by atoms with E-state index in [9.17, 15) is 4.79 Å². The Kier molecular flexibility index (Phi) is 4.43. The first-order valence-corrected chi connectivity index (χ1v) is 8.14. The summed E-state index contributed by atoms with van der Waals surface area (Å²) < 4.78 is 1.79. The molecule has 0 bridgehead atoms. The number of aromatic nitrogens is 3. The highest BCUT2D eigenvalue weighted by molar-refractivity contribution is 6.32. The predicted molar refractivity (Wildman–Crippen MR) is 96.8 cm³/mol. The van der Waals surface area contributed by atoms with E-state index in [0.717, 1.165) is 5.69 Å². The molecule has 0 aliphatic heterocycles. The van der Waals surface area contributed by atoms with E-state index in [2.05, 4.69) is 15.4 Å². The number of halogens is 1. The molecule has 6 nitrogen and oxygen atoms in total. The van der Waals surface area contributed by atoms with Gasteiger partial charge in [-0.2, -0.15) is 10.4 Å². The number of anilines is 1. The summed E-state index contributed by atoms with van der Waals surface area (Å²) in [6.45, 7) is 5.86. The van der Waals surface area contributed by atoms with Crippen LogP contribution in [0.15, 0.2) is 30.5 Å². The minimum absolute atomic E-state index is 0.139. The highest BCUT2D eigenvalue weighted by Gasteiger charge is 2.17. The molecule has 0 atom stereocenters. The number of aryl methyl sites for hydroxylation is 1. The van der Waals surface area contributed by atoms with Gasteiger partial charge in [0.1, 0.15) is 6.07 Å². The minimum Gasteiger partial charge on any atom is -0.322 e. The number of amides is 1. The monoisotopic (exact) mass is 353 g/mol. The predicted octanol–water partition coefficient (Wildman–Crippen LogP) is 4.10. The van der Waals surface area contributed by atoms with Crippen molar-refractivity contribution in [2.45, 2.75) is 26.8 Å². The number of nitrogens with one attached hydrogen (secondary N) is 1. The average molecular weight is 354 g/mol. The topological polar surface area (TPSA) is 83.6 Å². The number of hydrogen-bond donors (Lipinski definition) is 1. The molecule has 0 radical (unpaired) electrons. The Balaban J connectivity index is 2.00. The molecule has 0 fully saturated rings. The average Bonchev–Trinajstić information content (AvgIpc) is 2.98. The maximum absolute atomic E-state index is 12.7. The number of carbonyl (C=O) groups is 1. The second-order valence-electron chi connectivity index (χ2n) is 5.99. The van der Waals surface area contributed by atoms with Gasteiger partial charge < -0.3 is 5.32 Å². The van der Waals surface area contributed by atoms with Gasteiger partial charge in [-0.3, -0.25) is 4.79 Å². The van der Waals surface area contributed by atoms with Gasteiger partial charge in [-0.25, -0.2) is 9.67 Å². The van der Waals surface area contributed by atoms with E-state index in [1.807, 2.05) is 26.8 Å². The molecule has 0 saturated heterocycles. The highest BCUT2D eigenvalue weighted by atomic mass is 35.5. The minimum atomic E-state index is -0.278. The Hall–Kier alpha value is -2.91. The molecular weight excluding hydrogens is 338 g/mol. The zero-order valence-electron chi connectivity index (χ0n) is 14.0. The summed E-state index contributed by atoms with van der Waals surface area (Å²) in [4.78, 5) is 17.2. The third kappa shape index (κ3) is 3.19. The highest BCUT2D eigenvalue weighted by Crippen LogP contribution is 2.24. The number of fused-ring (bicyclic) bond motifs is 1. The van der Waals surface area contributed by atoms with Crippen molar-refractivity contribution in [2.24, 2.45) is 0 Å². The molecule has 1 aromatic carbocycles. The number of carbonyl (C=O) groups excluding carboxylic acids is 1. The molecule has 0 aliphatic carbocycles. The van der Waals surface area contributed by atoms with E-state index in [1.165, 1.54) is 0 Å². The normalized spacial score (nSPS) is 10.9. The zero-order chi connectivity index (χ0) is 18.1. The lowest BCUT2D eigenvalue weighted by molar-refractivity contribution is 0.102. The second-order valence-corrected chi connectivity index (χ2v) is 6.40. The van der Waals surface area contributed by atoms with Crippen LogP contribution >= 0.6 is 11.6 Å². The van der Waals surface area contributed by atoms with Crippen LogP contribution in [0, 0.1) is 18.3 Å². The lowest BCUT2D eigenvalue weighted by Gasteiger charge is -2.10. The summed E-state index contributed by atoms with van der Waals surface area (Å²) in [6, 6.07) is 8.63. The molecule has 1 amide bonds. The SMILES string of the molecule is Cc1cc(C(=O)Nc2ccc(C#N)c(Cl)c2)c2cnn(C(C)C)c2n1. The lowest BCUT2D eigenvalue weighted by Crippen LogP contribution is -2.13. The molecule has 0 aliphatic rings. The molecule has 3 aromatic rings. The molecule has 0 spiro atoms. The van der Waals surface area contributed by atoms with Gasteiger partial charge >= 0.3 is 0 Å². The maximum atomic E-state index is 12.7. The van der Waals surface area contributed by atoms with Crippen molar-refractivity contribution in [1.29, 1.82) is 5.26 Å². The Morgan fingerprint density at radius 3 is 2.76 bits per heavy atom. The van der Waals surface area contributed by atoms with Crippen molar-refractivity contribution in [3.05, 3.63) is 52.3 Å². The smallest absolute Gasteiger partial charge is 0.256 e. The van der Waals surface area contributed by atoms with E-state index in [4.69, 9.17) is 16.9 Å². The number of pyridine rings is 1. The lowest BCUT2D eigenvalue weighted by atomic mass is 10.1. The van der Waals surface area contributed by atoms with E-state index >= 15 is 0 Å². The Bertz CT molecular complexity index is 1020. The van der Waals surface area contributed by atoms with Gasteiger partial charge in [0, 0.05) is 17.4 Å². The third-order valence-electron chi connectivity index (χ3n) is 3.78. The molecule has 7 heteroatoms. The first kappa shape index (κ1) is 16.9. The fourth-order valence-corrected chi connectivity index (χ4v) is 2.81. The van der Waals surface area contributed by atoms with Gasteiger partial charge in [0.15, 0.2) is 5.65 Å². The molecule has 126 valence electrons. The van der Waals surface area contributed by atoms with Gasteiger partial charge in [0.05, 0.1) is 27.7 Å². The Labute approximate surface area is 150 Å². The third-order valence-corrected chi connectivity index (χ3v) is 4.09. The Morgan fingerprint density at radius 1 is 1.36 bits per heavy atom. The van der Waals surface area contributed by atoms with Crippen LogP contribution < -0.4 is 5.32 Å². The summed E-state index contributed by atoms with van der Waals surface area (Å²) in [5.41, 5.74) is 2.79. The van der Waals surface area contributed by atoms with Crippen molar-refractivity contribution in [2.75, 3.05) is 5.32 Å². The molecule has 2 aromatic heterocycles. The van der Waals surface area contributed by atoms with Crippen LogP contribution in [0.5, 0.6) is 0 Å². The van der Waals surface area contributed by atoms with Gasteiger partial charge in [0.25, 0.3) is 5.91 Å². The van der Waals surface area contributed by atoms with Crippen LogP contribution in [0.4, 0.5) is 5.69 Å². The van der Waals surface area contributed by atoms with E-state index in [1.54, 1.807) is 35.1 Å². The molecule has 3 rings (SSSR count). The molecule has 0 saturated carbocycles. The zero-order valence-corrected chi connectivity index (χ0v) is 14.8. The largest absolute Gasteiger partial charge is 0.322 e.